The zero-order valence-corrected chi connectivity index (χ0v) is 9.75. The molecular formula is C13H24N2. The minimum Gasteiger partial charge on any atom is -0.330 e. The van der Waals surface area contributed by atoms with E-state index in [0.29, 0.717) is 5.41 Å². The number of hydrogen-bond donors (Lipinski definition) is 1. The van der Waals surface area contributed by atoms with Crippen molar-refractivity contribution in [1.29, 1.82) is 0 Å². The van der Waals surface area contributed by atoms with Gasteiger partial charge >= 0.3 is 0 Å². The molecule has 0 aliphatic heterocycles. The molecule has 0 aromatic rings. The van der Waals surface area contributed by atoms with Crippen molar-refractivity contribution < 1.29 is 0 Å². The Bertz CT molecular complexity index is 195. The summed E-state index contributed by atoms with van der Waals surface area (Å²) in [5.74, 6) is 0. The maximum Gasteiger partial charge on any atom is 0.0164 e. The van der Waals surface area contributed by atoms with Crippen LogP contribution in [-0.2, 0) is 0 Å². The van der Waals surface area contributed by atoms with Crippen molar-refractivity contribution in [2.24, 2.45) is 11.1 Å². The Morgan fingerprint density at radius 2 is 1.67 bits per heavy atom. The van der Waals surface area contributed by atoms with Crippen LogP contribution in [0.2, 0.25) is 0 Å². The molecule has 1 fully saturated rings. The first kappa shape index (κ1) is 12.5. The second kappa shape index (κ2) is 6.09. The molecule has 0 atom stereocenters. The van der Waals surface area contributed by atoms with Gasteiger partial charge in [0.1, 0.15) is 0 Å². The Kier molecular flexibility index (Phi) is 5.06. The van der Waals surface area contributed by atoms with E-state index >= 15 is 0 Å². The van der Waals surface area contributed by atoms with Crippen LogP contribution in [0.5, 0.6) is 0 Å². The van der Waals surface area contributed by atoms with Crippen LogP contribution in [0.1, 0.15) is 25.7 Å². The van der Waals surface area contributed by atoms with Gasteiger partial charge in [-0.05, 0) is 24.8 Å². The van der Waals surface area contributed by atoms with Gasteiger partial charge in [0, 0.05) is 19.6 Å². The van der Waals surface area contributed by atoms with Gasteiger partial charge in [-0.2, -0.15) is 0 Å². The molecule has 1 aliphatic carbocycles. The van der Waals surface area contributed by atoms with Crippen molar-refractivity contribution in [3.63, 3.8) is 0 Å². The highest BCUT2D eigenvalue weighted by Gasteiger charge is 2.33. The van der Waals surface area contributed by atoms with Crippen LogP contribution in [0, 0.1) is 5.41 Å². The molecular weight excluding hydrogens is 184 g/mol. The van der Waals surface area contributed by atoms with Gasteiger partial charge in [0.2, 0.25) is 0 Å². The van der Waals surface area contributed by atoms with Crippen molar-refractivity contribution >= 4 is 0 Å². The molecule has 86 valence electrons. The van der Waals surface area contributed by atoms with Crippen molar-refractivity contribution in [3.8, 4) is 0 Å². The summed E-state index contributed by atoms with van der Waals surface area (Å²) in [5, 5.41) is 0. The van der Waals surface area contributed by atoms with Gasteiger partial charge in [-0.15, -0.1) is 13.2 Å². The van der Waals surface area contributed by atoms with Gasteiger partial charge in [-0.1, -0.05) is 25.0 Å². The fourth-order valence-electron chi connectivity index (χ4n) is 2.59. The summed E-state index contributed by atoms with van der Waals surface area (Å²) in [6, 6.07) is 0. The SMILES string of the molecule is C=CCN(CC=C)CC1(CN)CCCC1. The monoisotopic (exact) mass is 208 g/mol. The first-order valence-corrected chi connectivity index (χ1v) is 5.90. The van der Waals surface area contributed by atoms with Crippen molar-refractivity contribution in [3.05, 3.63) is 25.3 Å². The van der Waals surface area contributed by atoms with Gasteiger partial charge < -0.3 is 5.73 Å². The molecule has 0 aromatic heterocycles. The van der Waals surface area contributed by atoms with Crippen LogP contribution < -0.4 is 5.73 Å². The Morgan fingerprint density at radius 3 is 2.07 bits per heavy atom. The second-order valence-electron chi connectivity index (χ2n) is 4.68. The molecule has 1 rings (SSSR count). The Hall–Kier alpha value is -0.600. The van der Waals surface area contributed by atoms with Crippen LogP contribution in [-0.4, -0.2) is 31.1 Å². The fourth-order valence-corrected chi connectivity index (χ4v) is 2.59. The highest BCUT2D eigenvalue weighted by atomic mass is 15.1. The fraction of sp³-hybridized carbons (Fsp3) is 0.692. The van der Waals surface area contributed by atoms with E-state index in [1.54, 1.807) is 0 Å². The molecule has 0 radical (unpaired) electrons. The summed E-state index contributed by atoms with van der Waals surface area (Å²) in [6.07, 6.45) is 9.17. The Labute approximate surface area is 93.8 Å². The second-order valence-corrected chi connectivity index (χ2v) is 4.68. The highest BCUT2D eigenvalue weighted by molar-refractivity contribution is 4.91. The zero-order chi connectivity index (χ0) is 11.1. The zero-order valence-electron chi connectivity index (χ0n) is 9.75. The van der Waals surface area contributed by atoms with Gasteiger partial charge in [-0.25, -0.2) is 0 Å². The lowest BCUT2D eigenvalue weighted by molar-refractivity contribution is 0.183. The van der Waals surface area contributed by atoms with Crippen LogP contribution in [0.25, 0.3) is 0 Å². The average molecular weight is 208 g/mol. The van der Waals surface area contributed by atoms with E-state index in [0.717, 1.165) is 26.2 Å². The molecule has 0 unspecified atom stereocenters. The molecule has 2 N–H and O–H groups in total. The van der Waals surface area contributed by atoms with Gasteiger partial charge in [0.15, 0.2) is 0 Å². The van der Waals surface area contributed by atoms with E-state index in [1.165, 1.54) is 25.7 Å². The predicted molar refractivity (Wildman–Crippen MR) is 66.8 cm³/mol. The lowest BCUT2D eigenvalue weighted by atomic mass is 9.85. The third kappa shape index (κ3) is 3.47. The summed E-state index contributed by atoms with van der Waals surface area (Å²) < 4.78 is 0. The lowest BCUT2D eigenvalue weighted by Gasteiger charge is -2.33. The van der Waals surface area contributed by atoms with Crippen LogP contribution in [0.15, 0.2) is 25.3 Å². The molecule has 2 heteroatoms. The van der Waals surface area contributed by atoms with Crippen LogP contribution >= 0.6 is 0 Å². The van der Waals surface area contributed by atoms with E-state index in [1.807, 2.05) is 12.2 Å². The minimum absolute atomic E-state index is 0.367. The summed E-state index contributed by atoms with van der Waals surface area (Å²) in [6.45, 7) is 11.4. The topological polar surface area (TPSA) is 29.3 Å². The maximum absolute atomic E-state index is 5.93. The molecule has 0 saturated heterocycles. The summed E-state index contributed by atoms with van der Waals surface area (Å²) >= 11 is 0. The van der Waals surface area contributed by atoms with Gasteiger partial charge in [0.25, 0.3) is 0 Å². The predicted octanol–water partition coefficient (Wildman–Crippen LogP) is 2.18. The van der Waals surface area contributed by atoms with E-state index in [4.69, 9.17) is 5.73 Å². The largest absolute Gasteiger partial charge is 0.330 e. The number of nitrogens with two attached hydrogens (primary N) is 1. The Balaban J connectivity index is 2.53. The van der Waals surface area contributed by atoms with Crippen molar-refractivity contribution in [2.45, 2.75) is 25.7 Å². The van der Waals surface area contributed by atoms with Crippen LogP contribution in [0.4, 0.5) is 0 Å². The standard InChI is InChI=1S/C13H24N2/c1-3-9-15(10-4-2)12-13(11-14)7-5-6-8-13/h3-4H,1-2,5-12,14H2. The number of hydrogen-bond acceptors (Lipinski definition) is 2. The summed E-state index contributed by atoms with van der Waals surface area (Å²) in [7, 11) is 0. The van der Waals surface area contributed by atoms with E-state index < -0.39 is 0 Å². The van der Waals surface area contributed by atoms with E-state index in [2.05, 4.69) is 18.1 Å². The third-order valence-corrected chi connectivity index (χ3v) is 3.43. The van der Waals surface area contributed by atoms with E-state index in [9.17, 15) is 0 Å². The molecule has 0 amide bonds. The molecule has 0 bridgehead atoms. The first-order valence-electron chi connectivity index (χ1n) is 5.90. The van der Waals surface area contributed by atoms with Crippen LogP contribution in [0.3, 0.4) is 0 Å². The third-order valence-electron chi connectivity index (χ3n) is 3.43. The molecule has 1 saturated carbocycles. The average Bonchev–Trinajstić information content (AvgIpc) is 2.68. The normalized spacial score (nSPS) is 19.3. The number of rotatable bonds is 7. The molecule has 0 spiro atoms. The molecule has 0 aromatic carbocycles. The smallest absolute Gasteiger partial charge is 0.0164 e. The quantitative estimate of drug-likeness (QED) is 0.650. The van der Waals surface area contributed by atoms with Gasteiger partial charge in [-0.3, -0.25) is 4.90 Å². The Morgan fingerprint density at radius 1 is 1.13 bits per heavy atom. The van der Waals surface area contributed by atoms with E-state index in [-0.39, 0.29) is 0 Å². The highest BCUT2D eigenvalue weighted by Crippen LogP contribution is 2.37. The van der Waals surface area contributed by atoms with Crippen molar-refractivity contribution in [2.75, 3.05) is 26.2 Å². The molecule has 1 aliphatic rings. The first-order chi connectivity index (χ1) is 7.26. The molecule has 2 nitrogen and oxygen atoms in total. The van der Waals surface area contributed by atoms with Gasteiger partial charge in [0.05, 0.1) is 0 Å². The summed E-state index contributed by atoms with van der Waals surface area (Å²) in [4.78, 5) is 2.39. The molecule has 15 heavy (non-hydrogen) atoms. The minimum atomic E-state index is 0.367. The lowest BCUT2D eigenvalue weighted by Crippen LogP contribution is -2.41. The number of nitrogens with zero attached hydrogens (tertiary/aromatic N) is 1. The maximum atomic E-state index is 5.93. The summed E-state index contributed by atoms with van der Waals surface area (Å²) in [5.41, 5.74) is 6.30. The molecule has 0 heterocycles. The van der Waals surface area contributed by atoms with Crippen molar-refractivity contribution in [1.82, 2.24) is 4.90 Å².